The summed E-state index contributed by atoms with van der Waals surface area (Å²) in [5.41, 5.74) is 3.59. The number of nitrogens with zero attached hydrogens (tertiary/aromatic N) is 2. The highest BCUT2D eigenvalue weighted by atomic mass is 16.5. The molecule has 2 aromatic rings. The van der Waals surface area contributed by atoms with Crippen LogP contribution < -0.4 is 18.9 Å². The number of ether oxygens (including phenoxy) is 4. The van der Waals surface area contributed by atoms with Crippen molar-refractivity contribution in [3.63, 3.8) is 0 Å². The van der Waals surface area contributed by atoms with Crippen molar-refractivity contribution in [1.29, 1.82) is 0 Å². The quantitative estimate of drug-likeness (QED) is 0.626. The van der Waals surface area contributed by atoms with E-state index in [0.29, 0.717) is 18.1 Å². The Morgan fingerprint density at radius 3 is 2.00 bits per heavy atom. The second-order valence-corrected chi connectivity index (χ2v) is 7.78. The molecule has 0 unspecified atom stereocenters. The standard InChI is InChI=1S/C24H34N2O4/c1-18-14-19(2)16-21(15-18)30-13-12-25-8-10-26(11-9-25)17-20-6-7-22(27-3)24(29-5)23(20)28-4/h6-7,14-16H,8-13,17H2,1-5H3. The highest BCUT2D eigenvalue weighted by Gasteiger charge is 2.21. The summed E-state index contributed by atoms with van der Waals surface area (Å²) in [6.07, 6.45) is 0. The Morgan fingerprint density at radius 1 is 0.767 bits per heavy atom. The van der Waals surface area contributed by atoms with Crippen LogP contribution in [-0.2, 0) is 6.54 Å². The molecule has 0 aliphatic carbocycles. The van der Waals surface area contributed by atoms with Crippen LogP contribution in [0.15, 0.2) is 30.3 Å². The lowest BCUT2D eigenvalue weighted by Crippen LogP contribution is -2.47. The van der Waals surface area contributed by atoms with Crippen molar-refractivity contribution in [1.82, 2.24) is 9.80 Å². The van der Waals surface area contributed by atoms with E-state index in [0.717, 1.165) is 56.3 Å². The summed E-state index contributed by atoms with van der Waals surface area (Å²) in [5, 5.41) is 0. The van der Waals surface area contributed by atoms with E-state index in [1.54, 1.807) is 21.3 Å². The summed E-state index contributed by atoms with van der Waals surface area (Å²) in [4.78, 5) is 4.91. The van der Waals surface area contributed by atoms with E-state index in [2.05, 4.69) is 47.9 Å². The molecule has 0 radical (unpaired) electrons. The van der Waals surface area contributed by atoms with Gasteiger partial charge in [-0.05, 0) is 43.2 Å². The Bertz CT molecular complexity index is 812. The molecule has 6 heteroatoms. The number of aryl methyl sites for hydroxylation is 2. The highest BCUT2D eigenvalue weighted by Crippen LogP contribution is 2.40. The molecule has 3 rings (SSSR count). The number of rotatable bonds is 9. The van der Waals surface area contributed by atoms with Gasteiger partial charge in [-0.3, -0.25) is 9.80 Å². The lowest BCUT2D eigenvalue weighted by atomic mass is 10.1. The van der Waals surface area contributed by atoms with Crippen molar-refractivity contribution in [2.24, 2.45) is 0 Å². The first-order valence-corrected chi connectivity index (χ1v) is 10.5. The number of benzene rings is 2. The zero-order valence-corrected chi connectivity index (χ0v) is 18.9. The Hall–Kier alpha value is -2.44. The van der Waals surface area contributed by atoms with Crippen LogP contribution in [0.3, 0.4) is 0 Å². The van der Waals surface area contributed by atoms with E-state index in [-0.39, 0.29) is 0 Å². The van der Waals surface area contributed by atoms with Crippen molar-refractivity contribution >= 4 is 0 Å². The van der Waals surface area contributed by atoms with E-state index in [4.69, 9.17) is 18.9 Å². The van der Waals surface area contributed by atoms with Gasteiger partial charge in [0.15, 0.2) is 11.5 Å². The SMILES string of the molecule is COc1ccc(CN2CCN(CCOc3cc(C)cc(C)c3)CC2)c(OC)c1OC. The molecule has 0 saturated carbocycles. The number of hydrogen-bond donors (Lipinski definition) is 0. The molecule has 164 valence electrons. The average molecular weight is 415 g/mol. The first kappa shape index (κ1) is 22.2. The first-order chi connectivity index (χ1) is 14.5. The van der Waals surface area contributed by atoms with Crippen LogP contribution in [0.4, 0.5) is 0 Å². The first-order valence-electron chi connectivity index (χ1n) is 10.5. The Balaban J connectivity index is 1.49. The van der Waals surface area contributed by atoms with Crippen molar-refractivity contribution in [3.8, 4) is 23.0 Å². The van der Waals surface area contributed by atoms with Gasteiger partial charge in [-0.25, -0.2) is 0 Å². The van der Waals surface area contributed by atoms with Crippen LogP contribution in [0.25, 0.3) is 0 Å². The maximum Gasteiger partial charge on any atom is 0.203 e. The lowest BCUT2D eigenvalue weighted by molar-refractivity contribution is 0.112. The number of methoxy groups -OCH3 is 3. The van der Waals surface area contributed by atoms with Gasteiger partial charge in [0.2, 0.25) is 5.75 Å². The third-order valence-corrected chi connectivity index (χ3v) is 5.52. The maximum atomic E-state index is 5.97. The predicted octanol–water partition coefficient (Wildman–Crippen LogP) is 3.53. The Morgan fingerprint density at radius 2 is 1.40 bits per heavy atom. The van der Waals surface area contributed by atoms with Crippen molar-refractivity contribution < 1.29 is 18.9 Å². The highest BCUT2D eigenvalue weighted by molar-refractivity contribution is 5.55. The van der Waals surface area contributed by atoms with Crippen molar-refractivity contribution in [3.05, 3.63) is 47.0 Å². The molecule has 1 fully saturated rings. The summed E-state index contributed by atoms with van der Waals surface area (Å²) in [6, 6.07) is 10.4. The van der Waals surface area contributed by atoms with Crippen molar-refractivity contribution in [2.45, 2.75) is 20.4 Å². The minimum atomic E-state index is 0.652. The van der Waals surface area contributed by atoms with Gasteiger partial charge in [-0.15, -0.1) is 0 Å². The zero-order chi connectivity index (χ0) is 21.5. The van der Waals surface area contributed by atoms with E-state index < -0.39 is 0 Å². The summed E-state index contributed by atoms with van der Waals surface area (Å²) in [6.45, 7) is 10.8. The summed E-state index contributed by atoms with van der Waals surface area (Å²) >= 11 is 0. The predicted molar refractivity (Wildman–Crippen MR) is 119 cm³/mol. The van der Waals surface area contributed by atoms with Gasteiger partial charge in [0, 0.05) is 44.8 Å². The van der Waals surface area contributed by atoms with Gasteiger partial charge in [0.05, 0.1) is 21.3 Å². The van der Waals surface area contributed by atoms with Crippen LogP contribution in [-0.4, -0.2) is 70.5 Å². The summed E-state index contributed by atoms with van der Waals surface area (Å²) in [7, 11) is 4.96. The van der Waals surface area contributed by atoms with Crippen molar-refractivity contribution in [2.75, 3.05) is 60.7 Å². The molecule has 6 nitrogen and oxygen atoms in total. The van der Waals surface area contributed by atoms with Gasteiger partial charge < -0.3 is 18.9 Å². The molecule has 30 heavy (non-hydrogen) atoms. The average Bonchev–Trinajstić information content (AvgIpc) is 2.73. The molecular formula is C24H34N2O4. The van der Waals surface area contributed by atoms with Gasteiger partial charge in [-0.2, -0.15) is 0 Å². The second kappa shape index (κ2) is 10.5. The van der Waals surface area contributed by atoms with E-state index in [1.807, 2.05) is 6.07 Å². The lowest BCUT2D eigenvalue weighted by Gasteiger charge is -2.35. The molecule has 2 aromatic carbocycles. The minimum Gasteiger partial charge on any atom is -0.493 e. The third-order valence-electron chi connectivity index (χ3n) is 5.52. The van der Waals surface area contributed by atoms with E-state index in [9.17, 15) is 0 Å². The third kappa shape index (κ3) is 5.58. The number of hydrogen-bond acceptors (Lipinski definition) is 6. The molecular weight excluding hydrogens is 380 g/mol. The molecule has 0 amide bonds. The molecule has 0 spiro atoms. The molecule has 1 heterocycles. The molecule has 0 N–H and O–H groups in total. The zero-order valence-electron chi connectivity index (χ0n) is 18.9. The fourth-order valence-corrected chi connectivity index (χ4v) is 4.01. The fraction of sp³-hybridized carbons (Fsp3) is 0.500. The Labute approximate surface area is 180 Å². The molecule has 1 aliphatic heterocycles. The number of piperazine rings is 1. The molecule has 0 atom stereocenters. The van der Waals surface area contributed by atoms with Gasteiger partial charge >= 0.3 is 0 Å². The largest absolute Gasteiger partial charge is 0.493 e. The fourth-order valence-electron chi connectivity index (χ4n) is 4.01. The summed E-state index contributed by atoms with van der Waals surface area (Å²) < 4.78 is 22.5. The molecule has 1 aliphatic rings. The summed E-state index contributed by atoms with van der Waals surface area (Å²) in [5.74, 6) is 3.05. The van der Waals surface area contributed by atoms with Gasteiger partial charge in [0.25, 0.3) is 0 Å². The van der Waals surface area contributed by atoms with Gasteiger partial charge in [-0.1, -0.05) is 12.1 Å². The monoisotopic (exact) mass is 414 g/mol. The van der Waals surface area contributed by atoms with Gasteiger partial charge in [0.1, 0.15) is 12.4 Å². The second-order valence-electron chi connectivity index (χ2n) is 7.78. The smallest absolute Gasteiger partial charge is 0.203 e. The normalized spacial score (nSPS) is 15.1. The van der Waals surface area contributed by atoms with Crippen LogP contribution in [0.1, 0.15) is 16.7 Å². The van der Waals surface area contributed by atoms with E-state index >= 15 is 0 Å². The Kier molecular flexibility index (Phi) is 7.82. The topological polar surface area (TPSA) is 43.4 Å². The van der Waals surface area contributed by atoms with Crippen LogP contribution in [0.2, 0.25) is 0 Å². The molecule has 0 bridgehead atoms. The minimum absolute atomic E-state index is 0.652. The van der Waals surface area contributed by atoms with E-state index in [1.165, 1.54) is 11.1 Å². The molecule has 1 saturated heterocycles. The maximum absolute atomic E-state index is 5.97. The van der Waals surface area contributed by atoms with Crippen LogP contribution >= 0.6 is 0 Å². The molecule has 0 aromatic heterocycles. The van der Waals surface area contributed by atoms with Crippen LogP contribution in [0.5, 0.6) is 23.0 Å². The van der Waals surface area contributed by atoms with Crippen LogP contribution in [0, 0.1) is 13.8 Å².